The van der Waals surface area contributed by atoms with E-state index < -0.39 is 4.92 Å². The minimum absolute atomic E-state index is 0.116. The Morgan fingerprint density at radius 1 is 1.25 bits per heavy atom. The van der Waals surface area contributed by atoms with Gasteiger partial charge < -0.3 is 4.40 Å². The number of aromatic nitrogens is 2. The van der Waals surface area contributed by atoms with Crippen molar-refractivity contribution < 1.29 is 4.92 Å². The second-order valence-electron chi connectivity index (χ2n) is 4.16. The highest BCUT2D eigenvalue weighted by molar-refractivity contribution is 9.10. The predicted molar refractivity (Wildman–Crippen MR) is 80.0 cm³/mol. The molecule has 20 heavy (non-hydrogen) atoms. The number of nitrogens with zero attached hydrogens (tertiary/aromatic N) is 3. The molecule has 100 valence electrons. The third kappa shape index (κ3) is 2.28. The summed E-state index contributed by atoms with van der Waals surface area (Å²) in [5.41, 5.74) is 1.95. The van der Waals surface area contributed by atoms with Gasteiger partial charge in [-0.3, -0.25) is 10.1 Å². The molecule has 2 heterocycles. The number of pyridine rings is 1. The molecule has 0 N–H and O–H groups in total. The molecule has 0 radical (unpaired) electrons. The van der Waals surface area contributed by atoms with Crippen LogP contribution in [-0.4, -0.2) is 14.3 Å². The first-order valence-electron chi connectivity index (χ1n) is 5.63. The van der Waals surface area contributed by atoms with Crippen LogP contribution in [0.4, 0.5) is 5.69 Å². The van der Waals surface area contributed by atoms with Crippen molar-refractivity contribution in [3.63, 3.8) is 0 Å². The quantitative estimate of drug-likeness (QED) is 0.509. The Hall–Kier alpha value is -1.92. The first kappa shape index (κ1) is 13.1. The second kappa shape index (κ2) is 4.88. The van der Waals surface area contributed by atoms with E-state index in [0.717, 1.165) is 10.1 Å². The molecule has 3 rings (SSSR count). The van der Waals surface area contributed by atoms with Gasteiger partial charge in [-0.1, -0.05) is 17.7 Å². The molecule has 0 spiro atoms. The normalized spacial score (nSPS) is 10.9. The number of halogens is 2. The summed E-state index contributed by atoms with van der Waals surface area (Å²) in [6, 6.07) is 8.40. The van der Waals surface area contributed by atoms with Crippen LogP contribution in [0.25, 0.3) is 16.9 Å². The summed E-state index contributed by atoms with van der Waals surface area (Å²) in [4.78, 5) is 14.8. The van der Waals surface area contributed by atoms with Gasteiger partial charge in [-0.05, 0) is 34.1 Å². The number of nitro benzene ring substituents is 1. The molecule has 0 bridgehead atoms. The minimum atomic E-state index is -0.502. The van der Waals surface area contributed by atoms with Crippen LogP contribution in [-0.2, 0) is 0 Å². The zero-order chi connectivity index (χ0) is 14.3. The maximum Gasteiger partial charge on any atom is 0.288 e. The van der Waals surface area contributed by atoms with Crippen molar-refractivity contribution in [2.45, 2.75) is 0 Å². The monoisotopic (exact) mass is 351 g/mol. The summed E-state index contributed by atoms with van der Waals surface area (Å²) in [5.74, 6) is 0. The van der Waals surface area contributed by atoms with Crippen molar-refractivity contribution in [3.05, 3.63) is 62.3 Å². The molecule has 0 saturated heterocycles. The van der Waals surface area contributed by atoms with Crippen LogP contribution in [0.15, 0.2) is 47.2 Å². The average molecular weight is 353 g/mol. The number of hydrogen-bond donors (Lipinski definition) is 0. The van der Waals surface area contributed by atoms with Crippen LogP contribution in [0, 0.1) is 10.1 Å². The lowest BCUT2D eigenvalue weighted by atomic mass is 10.1. The maximum atomic E-state index is 10.9. The summed E-state index contributed by atoms with van der Waals surface area (Å²) in [6.07, 6.45) is 3.68. The molecule has 0 amide bonds. The fourth-order valence-electron chi connectivity index (χ4n) is 1.92. The fraction of sp³-hybridized carbons (Fsp3) is 0. The first-order chi connectivity index (χ1) is 9.54. The smallest absolute Gasteiger partial charge is 0.288 e. The molecule has 0 aliphatic carbocycles. The molecule has 7 heteroatoms. The molecule has 0 aliphatic rings. The summed E-state index contributed by atoms with van der Waals surface area (Å²) < 4.78 is 2.77. The zero-order valence-corrected chi connectivity index (χ0v) is 12.3. The van der Waals surface area contributed by atoms with E-state index in [9.17, 15) is 10.1 Å². The molecule has 0 saturated carbocycles. The van der Waals surface area contributed by atoms with E-state index >= 15 is 0 Å². The van der Waals surface area contributed by atoms with E-state index in [0.29, 0.717) is 11.3 Å². The highest BCUT2D eigenvalue weighted by Gasteiger charge is 2.15. The number of nitro groups is 1. The first-order valence-corrected chi connectivity index (χ1v) is 6.80. The molecule has 3 aromatic rings. The van der Waals surface area contributed by atoms with Crippen molar-refractivity contribution in [2.75, 3.05) is 0 Å². The van der Waals surface area contributed by atoms with Crippen molar-refractivity contribution >= 4 is 38.9 Å². The standard InChI is InChI=1S/C13H7BrClN3O2/c14-9-2-4-13-16-11(7-17(13)6-9)8-1-3-10(15)12(5-8)18(19)20/h1-7H. The van der Waals surface area contributed by atoms with Gasteiger partial charge in [0.15, 0.2) is 0 Å². The van der Waals surface area contributed by atoms with E-state index in [1.165, 1.54) is 12.1 Å². The average Bonchev–Trinajstić information content (AvgIpc) is 2.81. The van der Waals surface area contributed by atoms with Gasteiger partial charge in [0, 0.05) is 28.5 Å². The molecule has 0 fully saturated rings. The van der Waals surface area contributed by atoms with Crippen LogP contribution < -0.4 is 0 Å². The van der Waals surface area contributed by atoms with Crippen molar-refractivity contribution in [1.82, 2.24) is 9.38 Å². The van der Waals surface area contributed by atoms with E-state index in [2.05, 4.69) is 20.9 Å². The summed E-state index contributed by atoms with van der Waals surface area (Å²) in [7, 11) is 0. The van der Waals surface area contributed by atoms with Crippen LogP contribution in [0.3, 0.4) is 0 Å². The van der Waals surface area contributed by atoms with E-state index in [-0.39, 0.29) is 10.7 Å². The van der Waals surface area contributed by atoms with Gasteiger partial charge in [-0.15, -0.1) is 0 Å². The van der Waals surface area contributed by atoms with Crippen LogP contribution in [0.1, 0.15) is 0 Å². The Bertz CT molecular complexity index is 832. The van der Waals surface area contributed by atoms with Crippen LogP contribution >= 0.6 is 27.5 Å². The molecule has 0 atom stereocenters. The Morgan fingerprint density at radius 3 is 2.80 bits per heavy atom. The number of imidazole rings is 1. The molecular formula is C13H7BrClN3O2. The highest BCUT2D eigenvalue weighted by atomic mass is 79.9. The molecule has 1 aromatic carbocycles. The van der Waals surface area contributed by atoms with Crippen molar-refractivity contribution in [3.8, 4) is 11.3 Å². The number of hydrogen-bond acceptors (Lipinski definition) is 3. The highest BCUT2D eigenvalue weighted by Crippen LogP contribution is 2.30. The predicted octanol–water partition coefficient (Wildman–Crippen LogP) is 4.33. The molecule has 0 aliphatic heterocycles. The molecule has 0 unspecified atom stereocenters. The molecule has 2 aromatic heterocycles. The minimum Gasteiger partial charge on any atom is -0.305 e. The van der Waals surface area contributed by atoms with Crippen molar-refractivity contribution in [2.24, 2.45) is 0 Å². The largest absolute Gasteiger partial charge is 0.305 e. The topological polar surface area (TPSA) is 60.4 Å². The van der Waals surface area contributed by atoms with E-state index in [1.807, 2.05) is 28.9 Å². The van der Waals surface area contributed by atoms with Gasteiger partial charge in [-0.25, -0.2) is 4.98 Å². The van der Waals surface area contributed by atoms with Crippen LogP contribution in [0.2, 0.25) is 5.02 Å². The van der Waals surface area contributed by atoms with Gasteiger partial charge in [0.2, 0.25) is 0 Å². The van der Waals surface area contributed by atoms with Gasteiger partial charge in [0.1, 0.15) is 10.7 Å². The molecular weight excluding hydrogens is 346 g/mol. The number of fused-ring (bicyclic) bond motifs is 1. The Balaban J connectivity index is 2.15. The lowest BCUT2D eigenvalue weighted by molar-refractivity contribution is -0.384. The number of benzene rings is 1. The molecule has 5 nitrogen and oxygen atoms in total. The third-order valence-electron chi connectivity index (χ3n) is 2.85. The fourth-order valence-corrected chi connectivity index (χ4v) is 2.45. The maximum absolute atomic E-state index is 10.9. The number of rotatable bonds is 2. The van der Waals surface area contributed by atoms with Gasteiger partial charge in [0.05, 0.1) is 10.6 Å². The van der Waals surface area contributed by atoms with E-state index in [1.54, 1.807) is 6.07 Å². The Morgan fingerprint density at radius 2 is 2.05 bits per heavy atom. The third-order valence-corrected chi connectivity index (χ3v) is 3.64. The van der Waals surface area contributed by atoms with E-state index in [4.69, 9.17) is 11.6 Å². The summed E-state index contributed by atoms with van der Waals surface area (Å²) in [6.45, 7) is 0. The van der Waals surface area contributed by atoms with Gasteiger partial charge in [-0.2, -0.15) is 0 Å². The Kier molecular flexibility index (Phi) is 3.19. The van der Waals surface area contributed by atoms with Crippen LogP contribution in [0.5, 0.6) is 0 Å². The lowest BCUT2D eigenvalue weighted by Gasteiger charge is -1.98. The SMILES string of the molecule is O=[N+]([O-])c1cc(-c2cn3cc(Br)ccc3n2)ccc1Cl. The van der Waals surface area contributed by atoms with Gasteiger partial charge >= 0.3 is 0 Å². The van der Waals surface area contributed by atoms with Crippen molar-refractivity contribution in [1.29, 1.82) is 0 Å². The van der Waals surface area contributed by atoms with Gasteiger partial charge in [0.25, 0.3) is 5.69 Å². The summed E-state index contributed by atoms with van der Waals surface area (Å²) >= 11 is 9.19. The summed E-state index contributed by atoms with van der Waals surface area (Å²) in [5, 5.41) is 11.0. The second-order valence-corrected chi connectivity index (χ2v) is 5.49. The lowest BCUT2D eigenvalue weighted by Crippen LogP contribution is -1.89. The zero-order valence-electron chi connectivity index (χ0n) is 9.96. The Labute approximate surface area is 127 Å².